The average molecular weight is 733 g/mol. The third-order valence-electron chi connectivity index (χ3n) is 7.39. The van der Waals surface area contributed by atoms with Gasteiger partial charge in [0.05, 0.1) is 46.1 Å². The summed E-state index contributed by atoms with van der Waals surface area (Å²) in [4.78, 5) is 31.1. The molecule has 1 unspecified atom stereocenters. The Morgan fingerprint density at radius 3 is 1.69 bits per heavy atom. The van der Waals surface area contributed by atoms with Crippen molar-refractivity contribution in [2.75, 3.05) is 11.5 Å². The van der Waals surface area contributed by atoms with E-state index in [0.717, 1.165) is 24.3 Å². The summed E-state index contributed by atoms with van der Waals surface area (Å²) in [5.41, 5.74) is -3.27. The number of rotatable bonds is 14. The molecule has 17 heteroatoms. The molecule has 1 heterocycles. The molecule has 0 radical (unpaired) electrons. The molecule has 1 amide bonds. The zero-order valence-corrected chi connectivity index (χ0v) is 27.3. The zero-order valence-electron chi connectivity index (χ0n) is 25.7. The highest BCUT2D eigenvalue weighted by Crippen LogP contribution is 2.34. The molecule has 1 N–H and O–H groups in total. The van der Waals surface area contributed by atoms with Crippen molar-refractivity contribution in [1.82, 2.24) is 10.3 Å². The number of alkyl halides is 6. The summed E-state index contributed by atoms with van der Waals surface area (Å²) in [7, 11) is -9.39. The molecule has 0 aliphatic heterocycles. The predicted molar refractivity (Wildman–Crippen MR) is 167 cm³/mol. The number of benzene rings is 3. The fraction of sp³-hybridized carbons (Fsp3) is 0.344. The molecule has 0 saturated carbocycles. The molecule has 264 valence electrons. The first-order chi connectivity index (χ1) is 22.8. The highest BCUT2D eigenvalue weighted by Gasteiger charge is 2.38. The zero-order chi connectivity index (χ0) is 36.2. The van der Waals surface area contributed by atoms with Gasteiger partial charge in [0, 0.05) is 0 Å². The number of hydrogen-bond donors (Lipinski definition) is 1. The van der Waals surface area contributed by atoms with Crippen molar-refractivity contribution in [3.8, 4) is 0 Å². The minimum Gasteiger partial charge on any atom is -0.434 e. The minimum atomic E-state index is -4.93. The smallest absolute Gasteiger partial charge is 0.416 e. The predicted octanol–water partition coefficient (Wildman–Crippen LogP) is 6.18. The Balaban J connectivity index is 1.67. The maximum Gasteiger partial charge on any atom is 0.416 e. The Morgan fingerprint density at radius 1 is 0.755 bits per heavy atom. The summed E-state index contributed by atoms with van der Waals surface area (Å²) in [6.45, 7) is 1.65. The van der Waals surface area contributed by atoms with Crippen molar-refractivity contribution in [2.45, 2.75) is 49.7 Å². The lowest BCUT2D eigenvalue weighted by atomic mass is 10.1. The molecule has 0 aliphatic rings. The third-order valence-corrected chi connectivity index (χ3v) is 10.7. The Labute approximate surface area is 277 Å². The van der Waals surface area contributed by atoms with Crippen LogP contribution in [0.25, 0.3) is 11.1 Å². The van der Waals surface area contributed by atoms with Crippen LogP contribution >= 0.6 is 0 Å². The van der Waals surface area contributed by atoms with E-state index in [9.17, 15) is 52.8 Å². The van der Waals surface area contributed by atoms with Gasteiger partial charge in [-0.2, -0.15) is 26.3 Å². The lowest BCUT2D eigenvalue weighted by Crippen LogP contribution is -2.47. The number of nitrogens with one attached hydrogen (secondary N) is 1. The van der Waals surface area contributed by atoms with E-state index in [0.29, 0.717) is 24.1 Å². The minimum absolute atomic E-state index is 0.0343. The topological polar surface area (TPSA) is 140 Å². The maximum atomic E-state index is 13.6. The van der Waals surface area contributed by atoms with Crippen molar-refractivity contribution in [3.05, 3.63) is 101 Å². The molecule has 4 aromatic rings. The largest absolute Gasteiger partial charge is 0.434 e. The highest BCUT2D eigenvalue weighted by atomic mass is 32.2. The van der Waals surface area contributed by atoms with Gasteiger partial charge in [0.1, 0.15) is 5.52 Å². The molecule has 0 saturated heterocycles. The van der Waals surface area contributed by atoms with Crippen LogP contribution in [0.3, 0.4) is 0 Å². The van der Waals surface area contributed by atoms with Crippen LogP contribution in [0.5, 0.6) is 0 Å². The van der Waals surface area contributed by atoms with Gasteiger partial charge in [-0.3, -0.25) is 9.59 Å². The van der Waals surface area contributed by atoms with E-state index >= 15 is 0 Å². The first-order valence-electron chi connectivity index (χ1n) is 14.7. The lowest BCUT2D eigenvalue weighted by Gasteiger charge is -2.22. The summed E-state index contributed by atoms with van der Waals surface area (Å²) in [6, 6.07) is 12.5. The van der Waals surface area contributed by atoms with Crippen molar-refractivity contribution in [2.24, 2.45) is 5.92 Å². The normalized spacial score (nSPS) is 13.5. The number of aromatic nitrogens is 1. The van der Waals surface area contributed by atoms with E-state index in [1.807, 2.05) is 0 Å². The van der Waals surface area contributed by atoms with Crippen LogP contribution in [-0.2, 0) is 48.3 Å². The van der Waals surface area contributed by atoms with Gasteiger partial charge in [-0.25, -0.2) is 21.8 Å². The van der Waals surface area contributed by atoms with E-state index < -0.39 is 107 Å². The van der Waals surface area contributed by atoms with Crippen molar-refractivity contribution >= 4 is 42.5 Å². The fourth-order valence-electron chi connectivity index (χ4n) is 5.22. The molecule has 4 rings (SSSR count). The summed E-state index contributed by atoms with van der Waals surface area (Å²) < 4.78 is 140. The second kappa shape index (κ2) is 14.7. The van der Waals surface area contributed by atoms with Crippen LogP contribution in [0.2, 0.25) is 0 Å². The second-order valence-electron chi connectivity index (χ2n) is 11.3. The van der Waals surface area contributed by atoms with Crippen LogP contribution < -0.4 is 5.32 Å². The van der Waals surface area contributed by atoms with Crippen LogP contribution in [0.1, 0.15) is 52.7 Å². The first-order valence-corrected chi connectivity index (χ1v) is 18.3. The molecule has 0 bridgehead atoms. The van der Waals surface area contributed by atoms with Crippen LogP contribution in [0.15, 0.2) is 77.2 Å². The summed E-state index contributed by atoms with van der Waals surface area (Å²) in [6.07, 6.45) is -9.61. The number of amides is 1. The van der Waals surface area contributed by atoms with Crippen LogP contribution in [0.4, 0.5) is 26.3 Å². The molecule has 0 spiro atoms. The molecule has 0 aliphatic carbocycles. The van der Waals surface area contributed by atoms with Gasteiger partial charge in [-0.05, 0) is 41.8 Å². The lowest BCUT2D eigenvalue weighted by molar-refractivity contribution is -0.138. The van der Waals surface area contributed by atoms with Crippen LogP contribution in [-0.4, -0.2) is 51.1 Å². The van der Waals surface area contributed by atoms with Crippen LogP contribution in [0, 0.1) is 5.92 Å². The summed E-state index contributed by atoms with van der Waals surface area (Å²) in [5, 5.41) is 2.33. The van der Waals surface area contributed by atoms with Crippen molar-refractivity contribution < 1.29 is 57.2 Å². The number of Topliss-reactive ketones (excluding diaryl/α,β-unsaturated/α-hetero) is 1. The third kappa shape index (κ3) is 9.90. The SMILES string of the molecule is CCCC(NC(=O)C(CS(=O)(=O)Cc1ccccc1C(F)(F)F)CS(=O)(=O)Cc1ccccc1C(F)(F)F)C(=O)c1nc2ccccc2o1. The second-order valence-corrected chi connectivity index (χ2v) is 15.5. The Bertz CT molecular complexity index is 1920. The monoisotopic (exact) mass is 732 g/mol. The van der Waals surface area contributed by atoms with E-state index in [1.54, 1.807) is 25.1 Å². The Hall–Kier alpha value is -4.25. The van der Waals surface area contributed by atoms with Crippen molar-refractivity contribution in [1.29, 1.82) is 0 Å². The summed E-state index contributed by atoms with van der Waals surface area (Å²) >= 11 is 0. The number of sulfone groups is 2. The molecule has 0 fully saturated rings. The van der Waals surface area contributed by atoms with E-state index in [4.69, 9.17) is 4.42 Å². The molecule has 1 aromatic heterocycles. The number of hydrogen-bond acceptors (Lipinski definition) is 8. The molecule has 49 heavy (non-hydrogen) atoms. The number of carbonyl (C=O) groups excluding carboxylic acids is 2. The van der Waals surface area contributed by atoms with E-state index in [-0.39, 0.29) is 12.0 Å². The molecule has 3 aromatic carbocycles. The van der Waals surface area contributed by atoms with Gasteiger partial charge in [0.25, 0.3) is 5.89 Å². The number of ketones is 1. The number of oxazole rings is 1. The Morgan fingerprint density at radius 2 is 1.22 bits per heavy atom. The van der Waals surface area contributed by atoms with Gasteiger partial charge in [0.2, 0.25) is 11.7 Å². The van der Waals surface area contributed by atoms with Gasteiger partial charge >= 0.3 is 12.4 Å². The molecular formula is C32H30F6N2O7S2. The summed E-state index contributed by atoms with van der Waals surface area (Å²) in [5.74, 6) is -9.61. The van der Waals surface area contributed by atoms with Gasteiger partial charge < -0.3 is 9.73 Å². The number of para-hydroxylation sites is 2. The van der Waals surface area contributed by atoms with Gasteiger partial charge in [-0.15, -0.1) is 0 Å². The maximum absolute atomic E-state index is 13.6. The molecular weight excluding hydrogens is 702 g/mol. The number of halogens is 6. The molecule has 1 atom stereocenters. The number of fused-ring (bicyclic) bond motifs is 1. The van der Waals surface area contributed by atoms with E-state index in [2.05, 4.69) is 10.3 Å². The van der Waals surface area contributed by atoms with Gasteiger partial charge in [0.15, 0.2) is 25.3 Å². The van der Waals surface area contributed by atoms with Crippen molar-refractivity contribution in [3.63, 3.8) is 0 Å². The molecule has 9 nitrogen and oxygen atoms in total. The Kier molecular flexibility index (Phi) is 11.3. The first kappa shape index (κ1) is 37.6. The fourth-order valence-corrected chi connectivity index (χ4v) is 8.82. The average Bonchev–Trinajstić information content (AvgIpc) is 3.43. The van der Waals surface area contributed by atoms with Gasteiger partial charge in [-0.1, -0.05) is 61.9 Å². The number of nitrogens with zero attached hydrogens (tertiary/aromatic N) is 1. The van der Waals surface area contributed by atoms with E-state index in [1.165, 1.54) is 18.2 Å². The highest BCUT2D eigenvalue weighted by molar-refractivity contribution is 7.91. The number of carbonyl (C=O) groups is 2. The standard InChI is InChI=1S/C32H30F6N2O7S2/c1-2-9-26(28(41)30-40-25-14-7-8-15-27(25)47-30)39-29(42)22(18-48(43,44)16-20-10-3-5-12-23(20)31(33,34)35)19-49(45,46)17-21-11-4-6-13-24(21)32(36,37)38/h3-8,10-15,22,26H,2,9,16-19H2,1H3,(H,39,42). The quantitative estimate of drug-likeness (QED) is 0.120.